The van der Waals surface area contributed by atoms with Crippen molar-refractivity contribution < 1.29 is 14.3 Å². The number of amides is 2. The van der Waals surface area contributed by atoms with Crippen LogP contribution in [-0.4, -0.2) is 42.2 Å². The number of benzene rings is 3. The molecule has 0 saturated heterocycles. The number of rotatable bonds is 13. The second-order valence-electron chi connectivity index (χ2n) is 9.46. The lowest BCUT2D eigenvalue weighted by atomic mass is 10.0. The minimum absolute atomic E-state index is 0.112. The molecule has 38 heavy (non-hydrogen) atoms. The number of carbonyl (C=O) groups is 2. The van der Waals surface area contributed by atoms with Gasteiger partial charge in [-0.2, -0.15) is 0 Å². The molecule has 8 heteroatoms. The van der Waals surface area contributed by atoms with Gasteiger partial charge in [-0.05, 0) is 46.9 Å². The summed E-state index contributed by atoms with van der Waals surface area (Å²) in [5.41, 5.74) is 2.86. The Bertz CT molecular complexity index is 1210. The fraction of sp³-hybridized carbons (Fsp3) is 0.333. The molecule has 202 valence electrons. The number of thioether (sulfide) groups is 1. The molecule has 1 atom stereocenters. The van der Waals surface area contributed by atoms with E-state index >= 15 is 0 Å². The van der Waals surface area contributed by atoms with E-state index in [1.165, 1.54) is 11.8 Å². The standard InChI is InChI=1S/C30H34Cl2N2O3S/c1-21(2)17-33-30(36)28(16-22-8-5-4-6-9-22)34(18-23-10-7-11-25(14-23)37-3)29(35)20-38-19-24-12-13-26(31)27(32)15-24/h4-15,21,28H,16-20H2,1-3H3,(H,33,36)/t28-/m1/s1. The van der Waals surface area contributed by atoms with Crippen molar-refractivity contribution >= 4 is 46.8 Å². The molecule has 0 aromatic heterocycles. The summed E-state index contributed by atoms with van der Waals surface area (Å²) in [6, 6.07) is 22.2. The lowest BCUT2D eigenvalue weighted by Crippen LogP contribution is -2.51. The zero-order valence-corrected chi connectivity index (χ0v) is 24.3. The molecule has 3 aromatic rings. The average molecular weight is 574 g/mol. The van der Waals surface area contributed by atoms with Gasteiger partial charge in [-0.3, -0.25) is 9.59 Å². The zero-order valence-electron chi connectivity index (χ0n) is 22.0. The van der Waals surface area contributed by atoms with E-state index in [0.29, 0.717) is 40.4 Å². The third-order valence-electron chi connectivity index (χ3n) is 5.92. The molecule has 0 aliphatic rings. The summed E-state index contributed by atoms with van der Waals surface area (Å²) in [7, 11) is 1.61. The molecule has 3 aromatic carbocycles. The first-order chi connectivity index (χ1) is 18.3. The molecule has 0 fully saturated rings. The molecule has 0 bridgehead atoms. The van der Waals surface area contributed by atoms with Gasteiger partial charge in [0.1, 0.15) is 11.8 Å². The van der Waals surface area contributed by atoms with Gasteiger partial charge in [0.25, 0.3) is 0 Å². The summed E-state index contributed by atoms with van der Waals surface area (Å²) in [6.07, 6.45) is 0.415. The highest BCUT2D eigenvalue weighted by Gasteiger charge is 2.30. The number of hydrogen-bond acceptors (Lipinski definition) is 4. The van der Waals surface area contributed by atoms with Crippen molar-refractivity contribution in [3.05, 3.63) is 99.5 Å². The summed E-state index contributed by atoms with van der Waals surface area (Å²) in [6.45, 7) is 4.92. The first-order valence-electron chi connectivity index (χ1n) is 12.5. The van der Waals surface area contributed by atoms with E-state index in [1.54, 1.807) is 18.1 Å². The summed E-state index contributed by atoms with van der Waals surface area (Å²) >= 11 is 13.7. The van der Waals surface area contributed by atoms with Crippen LogP contribution in [0.1, 0.15) is 30.5 Å². The fourth-order valence-electron chi connectivity index (χ4n) is 3.91. The molecule has 5 nitrogen and oxygen atoms in total. The minimum atomic E-state index is -0.666. The number of methoxy groups -OCH3 is 1. The largest absolute Gasteiger partial charge is 0.497 e. The van der Waals surface area contributed by atoms with Crippen molar-refractivity contribution in [3.8, 4) is 5.75 Å². The zero-order chi connectivity index (χ0) is 27.5. The monoisotopic (exact) mass is 572 g/mol. The third kappa shape index (κ3) is 9.26. The Kier molecular flexibility index (Phi) is 11.8. The number of nitrogens with zero attached hydrogens (tertiary/aromatic N) is 1. The molecule has 0 spiro atoms. The fourth-order valence-corrected chi connectivity index (χ4v) is 5.09. The lowest BCUT2D eigenvalue weighted by molar-refractivity contribution is -0.139. The SMILES string of the molecule is COc1cccc(CN(C(=O)CSCc2ccc(Cl)c(Cl)c2)[C@H](Cc2ccccc2)C(=O)NCC(C)C)c1. The van der Waals surface area contributed by atoms with Crippen LogP contribution in [0.5, 0.6) is 5.75 Å². The Balaban J connectivity index is 1.86. The van der Waals surface area contributed by atoms with Crippen LogP contribution >= 0.6 is 35.0 Å². The van der Waals surface area contributed by atoms with Crippen molar-refractivity contribution in [3.63, 3.8) is 0 Å². The van der Waals surface area contributed by atoms with E-state index in [-0.39, 0.29) is 24.1 Å². The second kappa shape index (κ2) is 15.1. The minimum Gasteiger partial charge on any atom is -0.497 e. The van der Waals surface area contributed by atoms with Gasteiger partial charge in [0.15, 0.2) is 0 Å². The maximum Gasteiger partial charge on any atom is 0.243 e. The van der Waals surface area contributed by atoms with Crippen LogP contribution in [0.3, 0.4) is 0 Å². The van der Waals surface area contributed by atoms with Gasteiger partial charge in [0, 0.05) is 25.3 Å². The number of hydrogen-bond donors (Lipinski definition) is 1. The normalized spacial score (nSPS) is 11.7. The van der Waals surface area contributed by atoms with Crippen LogP contribution in [0.2, 0.25) is 10.0 Å². The van der Waals surface area contributed by atoms with Crippen LogP contribution in [0, 0.1) is 5.92 Å². The molecular formula is C30H34Cl2N2O3S. The van der Waals surface area contributed by atoms with Crippen LogP contribution in [-0.2, 0) is 28.3 Å². The Morgan fingerprint density at radius 2 is 1.66 bits per heavy atom. The van der Waals surface area contributed by atoms with Gasteiger partial charge in [-0.15, -0.1) is 11.8 Å². The van der Waals surface area contributed by atoms with Crippen molar-refractivity contribution in [1.82, 2.24) is 10.2 Å². The lowest BCUT2D eigenvalue weighted by Gasteiger charge is -2.32. The van der Waals surface area contributed by atoms with Crippen LogP contribution in [0.15, 0.2) is 72.8 Å². The van der Waals surface area contributed by atoms with Crippen molar-refractivity contribution in [2.45, 2.75) is 38.6 Å². The van der Waals surface area contributed by atoms with Crippen molar-refractivity contribution in [2.75, 3.05) is 19.4 Å². The van der Waals surface area contributed by atoms with Crippen LogP contribution < -0.4 is 10.1 Å². The van der Waals surface area contributed by atoms with Gasteiger partial charge in [-0.25, -0.2) is 0 Å². The molecule has 0 radical (unpaired) electrons. The van der Waals surface area contributed by atoms with E-state index in [9.17, 15) is 9.59 Å². The number of carbonyl (C=O) groups excluding carboxylic acids is 2. The van der Waals surface area contributed by atoms with Crippen LogP contribution in [0.25, 0.3) is 0 Å². The first kappa shape index (κ1) is 29.9. The summed E-state index contributed by atoms with van der Waals surface area (Å²) < 4.78 is 5.39. The predicted octanol–water partition coefficient (Wildman–Crippen LogP) is 6.65. The number of ether oxygens (including phenoxy) is 1. The van der Waals surface area contributed by atoms with E-state index < -0.39 is 6.04 Å². The third-order valence-corrected chi connectivity index (χ3v) is 7.65. The van der Waals surface area contributed by atoms with Gasteiger partial charge < -0.3 is 15.0 Å². The number of nitrogens with one attached hydrogen (secondary N) is 1. The molecule has 0 unspecified atom stereocenters. The summed E-state index contributed by atoms with van der Waals surface area (Å²) in [5, 5.41) is 4.03. The molecule has 0 saturated carbocycles. The highest BCUT2D eigenvalue weighted by Crippen LogP contribution is 2.25. The Labute approximate surface area is 239 Å². The molecule has 1 N–H and O–H groups in total. The van der Waals surface area contributed by atoms with Gasteiger partial charge in [0.2, 0.25) is 11.8 Å². The molecular weight excluding hydrogens is 539 g/mol. The van der Waals surface area contributed by atoms with E-state index in [0.717, 1.165) is 16.7 Å². The highest BCUT2D eigenvalue weighted by atomic mass is 35.5. The predicted molar refractivity (Wildman–Crippen MR) is 158 cm³/mol. The first-order valence-corrected chi connectivity index (χ1v) is 14.4. The molecule has 0 aliphatic carbocycles. The average Bonchev–Trinajstić information content (AvgIpc) is 2.91. The van der Waals surface area contributed by atoms with Gasteiger partial charge in [-0.1, -0.05) is 85.6 Å². The summed E-state index contributed by atoms with van der Waals surface area (Å²) in [5.74, 6) is 1.53. The number of halogens is 2. The highest BCUT2D eigenvalue weighted by molar-refractivity contribution is 7.99. The molecule has 2 amide bonds. The van der Waals surface area contributed by atoms with Crippen molar-refractivity contribution in [2.24, 2.45) is 5.92 Å². The topological polar surface area (TPSA) is 58.6 Å². The molecule has 3 rings (SSSR count). The van der Waals surface area contributed by atoms with E-state index in [2.05, 4.69) is 5.32 Å². The maximum absolute atomic E-state index is 13.7. The summed E-state index contributed by atoms with van der Waals surface area (Å²) in [4.78, 5) is 28.9. The second-order valence-corrected chi connectivity index (χ2v) is 11.3. The van der Waals surface area contributed by atoms with E-state index in [1.807, 2.05) is 80.6 Å². The Morgan fingerprint density at radius 1 is 0.921 bits per heavy atom. The quantitative estimate of drug-likeness (QED) is 0.249. The smallest absolute Gasteiger partial charge is 0.243 e. The van der Waals surface area contributed by atoms with Gasteiger partial charge >= 0.3 is 0 Å². The van der Waals surface area contributed by atoms with Crippen LogP contribution in [0.4, 0.5) is 0 Å². The molecule has 0 aliphatic heterocycles. The maximum atomic E-state index is 13.7. The van der Waals surface area contributed by atoms with Gasteiger partial charge in [0.05, 0.1) is 22.9 Å². The van der Waals surface area contributed by atoms with Crippen molar-refractivity contribution in [1.29, 1.82) is 0 Å². The Morgan fingerprint density at radius 3 is 2.34 bits per heavy atom. The molecule has 0 heterocycles. The van der Waals surface area contributed by atoms with E-state index in [4.69, 9.17) is 27.9 Å². The Hall–Kier alpha value is -2.67.